The molecule has 0 saturated carbocycles. The first-order valence-electron chi connectivity index (χ1n) is 5.24. The minimum Gasteiger partial charge on any atom is -0.333 e. The van der Waals surface area contributed by atoms with Crippen molar-refractivity contribution in [3.05, 3.63) is 46.3 Å². The van der Waals surface area contributed by atoms with Crippen molar-refractivity contribution in [1.82, 2.24) is 10.3 Å². The fourth-order valence-corrected chi connectivity index (χ4v) is 1.99. The van der Waals surface area contributed by atoms with Crippen molar-refractivity contribution in [3.8, 4) is 0 Å². The van der Waals surface area contributed by atoms with Crippen molar-refractivity contribution in [2.75, 3.05) is 5.32 Å². The number of carbonyl (C=O) groups is 1. The van der Waals surface area contributed by atoms with Crippen molar-refractivity contribution in [2.45, 2.75) is 13.5 Å². The van der Waals surface area contributed by atoms with Crippen LogP contribution < -0.4 is 10.6 Å². The van der Waals surface area contributed by atoms with Crippen molar-refractivity contribution in [2.24, 2.45) is 0 Å². The highest BCUT2D eigenvalue weighted by molar-refractivity contribution is 7.09. The topological polar surface area (TPSA) is 54.0 Å². The summed E-state index contributed by atoms with van der Waals surface area (Å²) in [6.45, 7) is 2.49. The van der Waals surface area contributed by atoms with Crippen molar-refractivity contribution < 1.29 is 4.79 Å². The molecule has 88 valence electrons. The average molecular weight is 247 g/mol. The molecule has 0 saturated heterocycles. The Hall–Kier alpha value is -1.88. The standard InChI is InChI=1S/C12H13N3OS/c1-9-4-5-13-11(7-9)15-12(16)14-8-10-3-2-6-17-10/h2-7H,8H2,1H3,(H2,13,14,15,16). The zero-order valence-corrected chi connectivity index (χ0v) is 10.3. The van der Waals surface area contributed by atoms with E-state index in [1.807, 2.05) is 36.6 Å². The number of nitrogens with zero attached hydrogens (tertiary/aromatic N) is 1. The molecule has 4 nitrogen and oxygen atoms in total. The minimum absolute atomic E-state index is 0.239. The SMILES string of the molecule is Cc1ccnc(NC(=O)NCc2cccs2)c1. The summed E-state index contributed by atoms with van der Waals surface area (Å²) < 4.78 is 0. The Kier molecular flexibility index (Phi) is 3.72. The van der Waals surface area contributed by atoms with Crippen LogP contribution >= 0.6 is 11.3 Å². The van der Waals surface area contributed by atoms with E-state index in [4.69, 9.17) is 0 Å². The predicted octanol–water partition coefficient (Wildman–Crippen LogP) is 2.77. The summed E-state index contributed by atoms with van der Waals surface area (Å²) in [7, 11) is 0. The molecule has 2 aromatic rings. The summed E-state index contributed by atoms with van der Waals surface area (Å²) in [4.78, 5) is 16.7. The highest BCUT2D eigenvalue weighted by Gasteiger charge is 2.02. The molecular formula is C12H13N3OS. The number of aryl methyl sites for hydroxylation is 1. The number of nitrogens with one attached hydrogen (secondary N) is 2. The van der Waals surface area contributed by atoms with Crippen LogP contribution in [0.3, 0.4) is 0 Å². The van der Waals surface area contributed by atoms with E-state index < -0.39 is 0 Å². The third kappa shape index (κ3) is 3.57. The molecule has 2 amide bonds. The lowest BCUT2D eigenvalue weighted by Gasteiger charge is -2.06. The van der Waals surface area contributed by atoms with Gasteiger partial charge in [-0.1, -0.05) is 6.07 Å². The maximum Gasteiger partial charge on any atom is 0.320 e. The molecule has 0 fully saturated rings. The molecule has 17 heavy (non-hydrogen) atoms. The number of thiophene rings is 1. The number of carbonyl (C=O) groups excluding carboxylic acids is 1. The summed E-state index contributed by atoms with van der Waals surface area (Å²) in [6, 6.07) is 7.41. The molecule has 0 radical (unpaired) electrons. The van der Waals surface area contributed by atoms with Gasteiger partial charge in [-0.3, -0.25) is 5.32 Å². The molecular weight excluding hydrogens is 234 g/mol. The third-order valence-electron chi connectivity index (χ3n) is 2.16. The van der Waals surface area contributed by atoms with Crippen LogP contribution in [0, 0.1) is 6.92 Å². The lowest BCUT2D eigenvalue weighted by molar-refractivity contribution is 0.252. The van der Waals surface area contributed by atoms with Crippen molar-refractivity contribution in [1.29, 1.82) is 0 Å². The van der Waals surface area contributed by atoms with E-state index >= 15 is 0 Å². The molecule has 0 aromatic carbocycles. The summed E-state index contributed by atoms with van der Waals surface area (Å²) in [6.07, 6.45) is 1.67. The number of hydrogen-bond acceptors (Lipinski definition) is 3. The Labute approximate surface area is 104 Å². The second-order valence-corrected chi connectivity index (χ2v) is 4.64. The van der Waals surface area contributed by atoms with E-state index in [1.165, 1.54) is 0 Å². The maximum atomic E-state index is 11.6. The minimum atomic E-state index is -0.239. The zero-order valence-electron chi connectivity index (χ0n) is 9.43. The van der Waals surface area contributed by atoms with Gasteiger partial charge in [0.1, 0.15) is 5.82 Å². The number of pyridine rings is 1. The van der Waals surface area contributed by atoms with Gasteiger partial charge < -0.3 is 5.32 Å². The molecule has 5 heteroatoms. The van der Waals surface area contributed by atoms with Gasteiger partial charge in [0, 0.05) is 11.1 Å². The smallest absolute Gasteiger partial charge is 0.320 e. The van der Waals surface area contributed by atoms with Gasteiger partial charge in [-0.25, -0.2) is 9.78 Å². The van der Waals surface area contributed by atoms with Crippen LogP contribution in [0.15, 0.2) is 35.8 Å². The lowest BCUT2D eigenvalue weighted by atomic mass is 10.3. The molecule has 0 bridgehead atoms. The fourth-order valence-electron chi connectivity index (χ4n) is 1.35. The predicted molar refractivity (Wildman–Crippen MR) is 69.2 cm³/mol. The van der Waals surface area contributed by atoms with Crippen LogP contribution in [0.25, 0.3) is 0 Å². The number of aromatic nitrogens is 1. The first-order chi connectivity index (χ1) is 8.24. The highest BCUT2D eigenvalue weighted by Crippen LogP contribution is 2.08. The Balaban J connectivity index is 1.85. The number of hydrogen-bond donors (Lipinski definition) is 2. The Morgan fingerprint density at radius 2 is 2.35 bits per heavy atom. The number of amides is 2. The Morgan fingerprint density at radius 1 is 1.47 bits per heavy atom. The summed E-state index contributed by atoms with van der Waals surface area (Å²) in [5.41, 5.74) is 1.06. The van der Waals surface area contributed by atoms with Crippen LogP contribution in [0.2, 0.25) is 0 Å². The monoisotopic (exact) mass is 247 g/mol. The summed E-state index contributed by atoms with van der Waals surface area (Å²) >= 11 is 1.62. The lowest BCUT2D eigenvalue weighted by Crippen LogP contribution is -2.28. The normalized spacial score (nSPS) is 9.94. The van der Waals surface area contributed by atoms with Gasteiger partial charge in [-0.2, -0.15) is 0 Å². The first-order valence-corrected chi connectivity index (χ1v) is 6.12. The molecule has 2 heterocycles. The molecule has 2 N–H and O–H groups in total. The second kappa shape index (κ2) is 5.45. The van der Waals surface area contributed by atoms with E-state index in [0.29, 0.717) is 12.4 Å². The Morgan fingerprint density at radius 3 is 3.06 bits per heavy atom. The average Bonchev–Trinajstić information content (AvgIpc) is 2.79. The van der Waals surface area contributed by atoms with E-state index in [0.717, 1.165) is 10.4 Å². The van der Waals surface area contributed by atoms with E-state index in [1.54, 1.807) is 17.5 Å². The van der Waals surface area contributed by atoms with Gasteiger partial charge >= 0.3 is 6.03 Å². The van der Waals surface area contributed by atoms with Gasteiger partial charge in [0.25, 0.3) is 0 Å². The molecule has 2 aromatic heterocycles. The molecule has 2 rings (SSSR count). The van der Waals surface area contributed by atoms with Crippen LogP contribution in [0.1, 0.15) is 10.4 Å². The van der Waals surface area contributed by atoms with Gasteiger partial charge in [-0.05, 0) is 36.1 Å². The Bertz CT molecular complexity index is 496. The third-order valence-corrected chi connectivity index (χ3v) is 3.04. The molecule has 0 aliphatic carbocycles. The molecule has 0 aliphatic rings. The van der Waals surface area contributed by atoms with Gasteiger partial charge in [-0.15, -0.1) is 11.3 Å². The largest absolute Gasteiger partial charge is 0.333 e. The molecule has 0 atom stereocenters. The van der Waals surface area contributed by atoms with Crippen LogP contribution in [0.5, 0.6) is 0 Å². The van der Waals surface area contributed by atoms with E-state index in [9.17, 15) is 4.79 Å². The fraction of sp³-hybridized carbons (Fsp3) is 0.167. The number of rotatable bonds is 3. The highest BCUT2D eigenvalue weighted by atomic mass is 32.1. The molecule has 0 spiro atoms. The summed E-state index contributed by atoms with van der Waals surface area (Å²) in [5.74, 6) is 0.564. The number of urea groups is 1. The summed E-state index contributed by atoms with van der Waals surface area (Å²) in [5, 5.41) is 7.45. The van der Waals surface area contributed by atoms with Crippen LogP contribution in [-0.4, -0.2) is 11.0 Å². The van der Waals surface area contributed by atoms with Crippen LogP contribution in [0.4, 0.5) is 10.6 Å². The van der Waals surface area contributed by atoms with Crippen molar-refractivity contribution >= 4 is 23.2 Å². The molecule has 0 aliphatic heterocycles. The molecule has 0 unspecified atom stereocenters. The van der Waals surface area contributed by atoms with E-state index in [2.05, 4.69) is 15.6 Å². The van der Waals surface area contributed by atoms with E-state index in [-0.39, 0.29) is 6.03 Å². The first kappa shape index (κ1) is 11.6. The maximum absolute atomic E-state index is 11.6. The number of anilines is 1. The zero-order chi connectivity index (χ0) is 12.1. The van der Waals surface area contributed by atoms with Gasteiger partial charge in [0.15, 0.2) is 0 Å². The van der Waals surface area contributed by atoms with Crippen LogP contribution in [-0.2, 0) is 6.54 Å². The van der Waals surface area contributed by atoms with Gasteiger partial charge in [0.05, 0.1) is 6.54 Å². The quantitative estimate of drug-likeness (QED) is 0.876. The van der Waals surface area contributed by atoms with Gasteiger partial charge in [0.2, 0.25) is 0 Å². The van der Waals surface area contributed by atoms with Crippen molar-refractivity contribution in [3.63, 3.8) is 0 Å². The second-order valence-electron chi connectivity index (χ2n) is 3.61.